The second-order valence-electron chi connectivity index (χ2n) is 3.12. The maximum absolute atomic E-state index is 10.7. The summed E-state index contributed by atoms with van der Waals surface area (Å²) in [7, 11) is 0. The van der Waals surface area contributed by atoms with E-state index in [1.54, 1.807) is 12.4 Å². The monoisotopic (exact) mass is 178 g/mol. The molecule has 0 fully saturated rings. The van der Waals surface area contributed by atoms with Crippen molar-refractivity contribution in [3.05, 3.63) is 29.6 Å². The molecule has 0 bridgehead atoms. The topological polar surface area (TPSA) is 62.2 Å². The SMILES string of the molecule is O=C(O)C1Cc2ccncc2CN1. The normalized spacial score (nSPS) is 20.8. The molecule has 0 aromatic carbocycles. The first-order valence-electron chi connectivity index (χ1n) is 4.15. The Hall–Kier alpha value is -1.42. The van der Waals surface area contributed by atoms with E-state index in [9.17, 15) is 4.79 Å². The molecule has 0 amide bonds. The lowest BCUT2D eigenvalue weighted by Gasteiger charge is -2.22. The van der Waals surface area contributed by atoms with Crippen molar-refractivity contribution in [1.82, 2.24) is 10.3 Å². The van der Waals surface area contributed by atoms with Gasteiger partial charge in [-0.1, -0.05) is 0 Å². The number of carboxylic acid groups (broad SMARTS) is 1. The second kappa shape index (κ2) is 3.14. The van der Waals surface area contributed by atoms with E-state index in [0.29, 0.717) is 13.0 Å². The van der Waals surface area contributed by atoms with Gasteiger partial charge in [-0.25, -0.2) is 0 Å². The summed E-state index contributed by atoms with van der Waals surface area (Å²) in [4.78, 5) is 14.7. The van der Waals surface area contributed by atoms with Crippen molar-refractivity contribution in [2.45, 2.75) is 19.0 Å². The Labute approximate surface area is 75.6 Å². The summed E-state index contributed by atoms with van der Waals surface area (Å²) in [5.41, 5.74) is 2.18. The molecule has 2 N–H and O–H groups in total. The van der Waals surface area contributed by atoms with Crippen molar-refractivity contribution in [3.8, 4) is 0 Å². The van der Waals surface area contributed by atoms with Gasteiger partial charge >= 0.3 is 5.97 Å². The van der Waals surface area contributed by atoms with Gasteiger partial charge in [-0.3, -0.25) is 15.1 Å². The molecule has 1 atom stereocenters. The molecule has 1 aliphatic rings. The summed E-state index contributed by atoms with van der Waals surface area (Å²) in [6.07, 6.45) is 4.02. The molecular weight excluding hydrogens is 168 g/mol. The van der Waals surface area contributed by atoms with Gasteiger partial charge in [-0.05, 0) is 23.6 Å². The molecule has 2 rings (SSSR count). The van der Waals surface area contributed by atoms with Crippen LogP contribution >= 0.6 is 0 Å². The van der Waals surface area contributed by atoms with E-state index in [1.807, 2.05) is 6.07 Å². The van der Waals surface area contributed by atoms with Gasteiger partial charge < -0.3 is 5.11 Å². The van der Waals surface area contributed by atoms with Gasteiger partial charge in [0.05, 0.1) is 0 Å². The van der Waals surface area contributed by atoms with Gasteiger partial charge in [-0.2, -0.15) is 0 Å². The Morgan fingerprint density at radius 3 is 3.23 bits per heavy atom. The zero-order valence-electron chi connectivity index (χ0n) is 7.03. The largest absolute Gasteiger partial charge is 0.480 e. The number of hydrogen-bond donors (Lipinski definition) is 2. The average molecular weight is 178 g/mol. The smallest absolute Gasteiger partial charge is 0.321 e. The van der Waals surface area contributed by atoms with Gasteiger partial charge in [0.2, 0.25) is 0 Å². The van der Waals surface area contributed by atoms with E-state index >= 15 is 0 Å². The van der Waals surface area contributed by atoms with Crippen molar-refractivity contribution in [3.63, 3.8) is 0 Å². The van der Waals surface area contributed by atoms with E-state index < -0.39 is 12.0 Å². The van der Waals surface area contributed by atoms with E-state index in [0.717, 1.165) is 11.1 Å². The van der Waals surface area contributed by atoms with E-state index in [-0.39, 0.29) is 0 Å². The minimum absolute atomic E-state index is 0.449. The number of hydrogen-bond acceptors (Lipinski definition) is 3. The Balaban J connectivity index is 2.24. The molecule has 1 aromatic rings. The second-order valence-corrected chi connectivity index (χ2v) is 3.12. The van der Waals surface area contributed by atoms with Crippen LogP contribution in [0.3, 0.4) is 0 Å². The molecule has 2 heterocycles. The van der Waals surface area contributed by atoms with E-state index in [4.69, 9.17) is 5.11 Å². The van der Waals surface area contributed by atoms with E-state index in [2.05, 4.69) is 10.3 Å². The fourth-order valence-electron chi connectivity index (χ4n) is 1.51. The van der Waals surface area contributed by atoms with Crippen LogP contribution in [0.1, 0.15) is 11.1 Å². The summed E-state index contributed by atoms with van der Waals surface area (Å²) in [6, 6.07) is 1.43. The third-order valence-corrected chi connectivity index (χ3v) is 2.27. The first-order valence-corrected chi connectivity index (χ1v) is 4.15. The third kappa shape index (κ3) is 1.53. The highest BCUT2D eigenvalue weighted by Gasteiger charge is 2.22. The molecular formula is C9H10N2O2. The van der Waals surface area contributed by atoms with Gasteiger partial charge in [0.1, 0.15) is 6.04 Å². The maximum Gasteiger partial charge on any atom is 0.321 e. The first kappa shape index (κ1) is 8.19. The lowest BCUT2D eigenvalue weighted by molar-refractivity contribution is -0.139. The van der Waals surface area contributed by atoms with Crippen LogP contribution in [0.15, 0.2) is 18.5 Å². The van der Waals surface area contributed by atoms with Crippen LogP contribution in [-0.4, -0.2) is 22.1 Å². The molecule has 1 aromatic heterocycles. The van der Waals surface area contributed by atoms with Crippen LogP contribution in [0.5, 0.6) is 0 Å². The van der Waals surface area contributed by atoms with Crippen molar-refractivity contribution in [2.75, 3.05) is 0 Å². The molecule has 0 spiro atoms. The first-order chi connectivity index (χ1) is 6.27. The van der Waals surface area contributed by atoms with Crippen LogP contribution in [0.2, 0.25) is 0 Å². The van der Waals surface area contributed by atoms with Crippen molar-refractivity contribution < 1.29 is 9.90 Å². The van der Waals surface area contributed by atoms with Crippen LogP contribution in [0, 0.1) is 0 Å². The molecule has 4 nitrogen and oxygen atoms in total. The molecule has 0 saturated heterocycles. The van der Waals surface area contributed by atoms with Crippen molar-refractivity contribution >= 4 is 5.97 Å². The highest BCUT2D eigenvalue weighted by atomic mass is 16.4. The molecule has 0 saturated carbocycles. The average Bonchev–Trinajstić information content (AvgIpc) is 2.17. The van der Waals surface area contributed by atoms with Crippen LogP contribution in [0.25, 0.3) is 0 Å². The Morgan fingerprint density at radius 2 is 2.46 bits per heavy atom. The highest BCUT2D eigenvalue weighted by Crippen LogP contribution is 2.14. The highest BCUT2D eigenvalue weighted by molar-refractivity contribution is 5.74. The minimum Gasteiger partial charge on any atom is -0.480 e. The zero-order chi connectivity index (χ0) is 9.26. The fourth-order valence-corrected chi connectivity index (χ4v) is 1.51. The zero-order valence-corrected chi connectivity index (χ0v) is 7.03. The number of nitrogens with one attached hydrogen (secondary N) is 1. The van der Waals surface area contributed by atoms with Gasteiger partial charge in [0.15, 0.2) is 0 Å². The number of carbonyl (C=O) groups is 1. The summed E-state index contributed by atoms with van der Waals surface area (Å²) in [5, 5.41) is 11.7. The molecule has 0 radical (unpaired) electrons. The quantitative estimate of drug-likeness (QED) is 0.644. The number of carboxylic acids is 1. The molecule has 1 aliphatic heterocycles. The summed E-state index contributed by atoms with van der Waals surface area (Å²) < 4.78 is 0. The molecule has 4 heteroatoms. The number of nitrogens with zero attached hydrogens (tertiary/aromatic N) is 1. The third-order valence-electron chi connectivity index (χ3n) is 2.27. The summed E-state index contributed by atoms with van der Waals surface area (Å²) in [6.45, 7) is 0.597. The van der Waals surface area contributed by atoms with E-state index in [1.165, 1.54) is 0 Å². The molecule has 0 aliphatic carbocycles. The lowest BCUT2D eigenvalue weighted by atomic mass is 9.98. The maximum atomic E-state index is 10.7. The Bertz CT molecular complexity index is 338. The number of aliphatic carboxylic acids is 1. The number of rotatable bonds is 1. The number of pyridine rings is 1. The van der Waals surface area contributed by atoms with Crippen molar-refractivity contribution in [1.29, 1.82) is 0 Å². The van der Waals surface area contributed by atoms with Crippen LogP contribution in [0.4, 0.5) is 0 Å². The Morgan fingerprint density at radius 1 is 1.62 bits per heavy atom. The number of fused-ring (bicyclic) bond motifs is 1. The minimum atomic E-state index is -0.789. The molecule has 1 unspecified atom stereocenters. The van der Waals surface area contributed by atoms with Crippen molar-refractivity contribution in [2.24, 2.45) is 0 Å². The fraction of sp³-hybridized carbons (Fsp3) is 0.333. The van der Waals surface area contributed by atoms with Gasteiger partial charge in [-0.15, -0.1) is 0 Å². The van der Waals surface area contributed by atoms with Gasteiger partial charge in [0.25, 0.3) is 0 Å². The van der Waals surface area contributed by atoms with Crippen LogP contribution in [-0.2, 0) is 17.8 Å². The predicted molar refractivity (Wildman–Crippen MR) is 46.2 cm³/mol. The number of aromatic nitrogens is 1. The van der Waals surface area contributed by atoms with Crippen LogP contribution < -0.4 is 5.32 Å². The van der Waals surface area contributed by atoms with Gasteiger partial charge in [0, 0.05) is 18.9 Å². The summed E-state index contributed by atoms with van der Waals surface area (Å²) >= 11 is 0. The Kier molecular flexibility index (Phi) is 1.98. The predicted octanol–water partition coefficient (Wildman–Crippen LogP) is 0.180. The lowest BCUT2D eigenvalue weighted by Crippen LogP contribution is -2.41. The molecule has 13 heavy (non-hydrogen) atoms. The summed E-state index contributed by atoms with van der Waals surface area (Å²) in [5.74, 6) is -0.789. The molecule has 68 valence electrons. The standard InChI is InChI=1S/C9H10N2O2/c12-9(13)8-3-6-1-2-10-4-7(6)5-11-8/h1-2,4,8,11H,3,5H2,(H,12,13).